The van der Waals surface area contributed by atoms with Crippen molar-refractivity contribution in [2.24, 2.45) is 11.8 Å². The van der Waals surface area contributed by atoms with Crippen molar-refractivity contribution in [3.63, 3.8) is 0 Å². The highest BCUT2D eigenvalue weighted by Gasteiger charge is 2.23. The minimum absolute atomic E-state index is 0.103. The van der Waals surface area contributed by atoms with E-state index in [1.807, 2.05) is 12.1 Å². The number of urea groups is 1. The van der Waals surface area contributed by atoms with E-state index in [0.29, 0.717) is 5.92 Å². The molecule has 2 saturated heterocycles. The van der Waals surface area contributed by atoms with Gasteiger partial charge in [0.25, 0.3) is 0 Å². The number of rotatable bonds is 4. The van der Waals surface area contributed by atoms with Gasteiger partial charge in [-0.05, 0) is 82.4 Å². The van der Waals surface area contributed by atoms with Gasteiger partial charge in [0.05, 0.1) is 0 Å². The molecule has 0 bridgehead atoms. The van der Waals surface area contributed by atoms with Crippen LogP contribution in [-0.2, 0) is 0 Å². The topological polar surface area (TPSA) is 47.6 Å². The van der Waals surface area contributed by atoms with E-state index in [9.17, 15) is 4.79 Å². The summed E-state index contributed by atoms with van der Waals surface area (Å²) in [6, 6.07) is 8.31. The van der Waals surface area contributed by atoms with Crippen molar-refractivity contribution in [2.45, 2.75) is 39.2 Å². The normalized spacial score (nSPS) is 23.5. The van der Waals surface area contributed by atoms with Gasteiger partial charge in [0.15, 0.2) is 0 Å². The largest absolute Gasteiger partial charge is 0.371 e. The van der Waals surface area contributed by atoms with Crippen LogP contribution in [0.4, 0.5) is 16.2 Å². The molecule has 2 fully saturated rings. The Morgan fingerprint density at radius 1 is 1.12 bits per heavy atom. The number of nitrogens with one attached hydrogen (secondary N) is 2. The third kappa shape index (κ3) is 4.88. The van der Waals surface area contributed by atoms with Crippen LogP contribution in [0.1, 0.15) is 33.1 Å². The number of hydrogen-bond donors (Lipinski definition) is 2. The summed E-state index contributed by atoms with van der Waals surface area (Å²) in [6.07, 6.45) is 3.57. The molecule has 0 unspecified atom stereocenters. The number of anilines is 2. The molecule has 2 aliphatic rings. The second kappa shape index (κ2) is 8.09. The molecule has 0 aromatic heterocycles. The average Bonchev–Trinajstić information content (AvgIpc) is 3.02. The number of benzene rings is 1. The molecule has 5 heteroatoms. The van der Waals surface area contributed by atoms with Gasteiger partial charge in [-0.15, -0.1) is 0 Å². The quantitative estimate of drug-likeness (QED) is 0.880. The molecular weight excluding hydrogens is 312 g/mol. The van der Waals surface area contributed by atoms with Crippen LogP contribution in [0.15, 0.2) is 24.3 Å². The predicted octanol–water partition coefficient (Wildman–Crippen LogP) is 3.38. The molecule has 2 atom stereocenters. The van der Waals surface area contributed by atoms with Crippen molar-refractivity contribution < 1.29 is 4.79 Å². The third-order valence-corrected chi connectivity index (χ3v) is 5.74. The van der Waals surface area contributed by atoms with Gasteiger partial charge >= 0.3 is 6.03 Å². The second-order valence-corrected chi connectivity index (χ2v) is 7.91. The maximum absolute atomic E-state index is 12.3. The fraction of sp³-hybridized carbons (Fsp3) is 0.650. The SMILES string of the molecule is C[C@@H]1CCN(c2ccc(NC(=O)N[C@@H](C)C3CCN(C)CC3)cc2)C1. The zero-order valence-corrected chi connectivity index (χ0v) is 15.8. The number of hydrogen-bond acceptors (Lipinski definition) is 3. The summed E-state index contributed by atoms with van der Waals surface area (Å²) < 4.78 is 0. The van der Waals surface area contributed by atoms with E-state index in [4.69, 9.17) is 0 Å². The second-order valence-electron chi connectivity index (χ2n) is 7.91. The third-order valence-electron chi connectivity index (χ3n) is 5.74. The van der Waals surface area contributed by atoms with Gasteiger partial charge in [0, 0.05) is 30.5 Å². The molecule has 138 valence electrons. The van der Waals surface area contributed by atoms with E-state index in [1.165, 1.54) is 12.1 Å². The average molecular weight is 345 g/mol. The highest BCUT2D eigenvalue weighted by Crippen LogP contribution is 2.25. The Kier molecular flexibility index (Phi) is 5.84. The van der Waals surface area contributed by atoms with Crippen molar-refractivity contribution in [3.05, 3.63) is 24.3 Å². The van der Waals surface area contributed by atoms with Crippen molar-refractivity contribution >= 4 is 17.4 Å². The molecule has 2 aliphatic heterocycles. The number of carbonyl (C=O) groups excluding carboxylic acids is 1. The first kappa shape index (κ1) is 18.1. The Morgan fingerprint density at radius 3 is 2.40 bits per heavy atom. The lowest BCUT2D eigenvalue weighted by Crippen LogP contribution is -2.44. The monoisotopic (exact) mass is 344 g/mol. The predicted molar refractivity (Wildman–Crippen MR) is 104 cm³/mol. The summed E-state index contributed by atoms with van der Waals surface area (Å²) in [4.78, 5) is 17.0. The van der Waals surface area contributed by atoms with Crippen molar-refractivity contribution in [1.82, 2.24) is 10.2 Å². The summed E-state index contributed by atoms with van der Waals surface area (Å²) in [5, 5.41) is 6.08. The summed E-state index contributed by atoms with van der Waals surface area (Å²) in [6.45, 7) is 8.91. The lowest BCUT2D eigenvalue weighted by atomic mass is 9.91. The van der Waals surface area contributed by atoms with Gasteiger partial charge in [-0.25, -0.2) is 4.79 Å². The van der Waals surface area contributed by atoms with E-state index < -0.39 is 0 Å². The number of amides is 2. The van der Waals surface area contributed by atoms with Crippen LogP contribution in [0.5, 0.6) is 0 Å². The van der Waals surface area contributed by atoms with E-state index in [2.05, 4.69) is 53.5 Å². The first-order valence-corrected chi connectivity index (χ1v) is 9.62. The summed E-state index contributed by atoms with van der Waals surface area (Å²) in [5.74, 6) is 1.34. The molecular formula is C20H32N4O. The summed E-state index contributed by atoms with van der Waals surface area (Å²) in [7, 11) is 2.16. The molecule has 2 heterocycles. The Labute approximate surface area is 151 Å². The number of likely N-dealkylation sites (tertiary alicyclic amines) is 1. The number of carbonyl (C=O) groups is 1. The van der Waals surface area contributed by atoms with E-state index in [-0.39, 0.29) is 12.1 Å². The molecule has 0 radical (unpaired) electrons. The first-order valence-electron chi connectivity index (χ1n) is 9.62. The molecule has 1 aromatic rings. The minimum atomic E-state index is -0.103. The molecule has 5 nitrogen and oxygen atoms in total. The van der Waals surface area contributed by atoms with Crippen LogP contribution in [-0.4, -0.2) is 50.2 Å². The number of piperidine rings is 1. The van der Waals surface area contributed by atoms with Crippen molar-refractivity contribution in [3.8, 4) is 0 Å². The highest BCUT2D eigenvalue weighted by atomic mass is 16.2. The lowest BCUT2D eigenvalue weighted by Gasteiger charge is -2.33. The Hall–Kier alpha value is -1.75. The minimum Gasteiger partial charge on any atom is -0.371 e. The fourth-order valence-corrected chi connectivity index (χ4v) is 3.95. The van der Waals surface area contributed by atoms with Crippen LogP contribution < -0.4 is 15.5 Å². The zero-order chi connectivity index (χ0) is 17.8. The maximum Gasteiger partial charge on any atom is 0.319 e. The summed E-state index contributed by atoms with van der Waals surface area (Å²) >= 11 is 0. The molecule has 3 rings (SSSR count). The van der Waals surface area contributed by atoms with E-state index in [1.54, 1.807) is 0 Å². The van der Waals surface area contributed by atoms with Crippen LogP contribution in [0.3, 0.4) is 0 Å². The molecule has 1 aromatic carbocycles. The van der Waals surface area contributed by atoms with Gasteiger partial charge in [-0.1, -0.05) is 6.92 Å². The number of nitrogens with zero attached hydrogens (tertiary/aromatic N) is 2. The zero-order valence-electron chi connectivity index (χ0n) is 15.8. The van der Waals surface area contributed by atoms with Crippen molar-refractivity contribution in [1.29, 1.82) is 0 Å². The van der Waals surface area contributed by atoms with Crippen molar-refractivity contribution in [2.75, 3.05) is 43.4 Å². The molecule has 2 N–H and O–H groups in total. The standard InChI is InChI=1S/C20H32N4O/c1-15-8-13-24(14-15)19-6-4-18(5-7-19)22-20(25)21-16(2)17-9-11-23(3)12-10-17/h4-7,15-17H,8-14H2,1-3H3,(H2,21,22,25)/t15-,16+/m1/s1. The smallest absolute Gasteiger partial charge is 0.319 e. The van der Waals surface area contributed by atoms with Gasteiger partial charge < -0.3 is 20.4 Å². The van der Waals surface area contributed by atoms with Gasteiger partial charge in [-0.3, -0.25) is 0 Å². The summed E-state index contributed by atoms with van der Waals surface area (Å²) in [5.41, 5.74) is 2.10. The lowest BCUT2D eigenvalue weighted by molar-refractivity contribution is 0.189. The molecule has 0 spiro atoms. The van der Waals surface area contributed by atoms with Crippen LogP contribution in [0.2, 0.25) is 0 Å². The maximum atomic E-state index is 12.3. The molecule has 0 saturated carbocycles. The van der Waals surface area contributed by atoms with Gasteiger partial charge in [-0.2, -0.15) is 0 Å². The molecule has 25 heavy (non-hydrogen) atoms. The molecule has 0 aliphatic carbocycles. The fourth-order valence-electron chi connectivity index (χ4n) is 3.95. The van der Waals surface area contributed by atoms with Gasteiger partial charge in [0.1, 0.15) is 0 Å². The Morgan fingerprint density at radius 2 is 1.80 bits per heavy atom. The Bertz CT molecular complexity index is 566. The van der Waals surface area contributed by atoms with Crippen LogP contribution >= 0.6 is 0 Å². The van der Waals surface area contributed by atoms with E-state index >= 15 is 0 Å². The Balaban J connectivity index is 1.47. The van der Waals surface area contributed by atoms with Gasteiger partial charge in [0.2, 0.25) is 0 Å². The first-order chi connectivity index (χ1) is 12.0. The van der Waals surface area contributed by atoms with Crippen LogP contribution in [0.25, 0.3) is 0 Å². The van der Waals surface area contributed by atoms with Crippen LogP contribution in [0, 0.1) is 11.8 Å². The molecule has 2 amide bonds. The van der Waals surface area contributed by atoms with E-state index in [0.717, 1.165) is 50.6 Å². The highest BCUT2D eigenvalue weighted by molar-refractivity contribution is 5.89.